The van der Waals surface area contributed by atoms with E-state index in [0.29, 0.717) is 19.8 Å². The minimum atomic E-state index is -0.609. The van der Waals surface area contributed by atoms with Crippen LogP contribution in [-0.4, -0.2) is 32.8 Å². The van der Waals surface area contributed by atoms with Crippen molar-refractivity contribution >= 4 is 5.91 Å². The zero-order chi connectivity index (χ0) is 13.7. The Morgan fingerprint density at radius 1 is 1.58 bits per heavy atom. The molecule has 0 fully saturated rings. The van der Waals surface area contributed by atoms with E-state index >= 15 is 0 Å². The summed E-state index contributed by atoms with van der Waals surface area (Å²) in [7, 11) is 1.64. The first-order chi connectivity index (χ1) is 9.22. The molecule has 1 N–H and O–H groups in total. The Kier molecular flexibility index (Phi) is 4.35. The molecule has 19 heavy (non-hydrogen) atoms. The molecule has 1 atom stereocenters. The molecule has 0 unspecified atom stereocenters. The van der Waals surface area contributed by atoms with Crippen LogP contribution in [0.3, 0.4) is 0 Å². The summed E-state index contributed by atoms with van der Waals surface area (Å²) in [5, 5.41) is 2.81. The van der Waals surface area contributed by atoms with Gasteiger partial charge in [-0.1, -0.05) is 30.8 Å². The molecule has 0 saturated heterocycles. The average Bonchev–Trinajstić information content (AvgIpc) is 2.45. The summed E-state index contributed by atoms with van der Waals surface area (Å²) in [5.74, 6) is -0.206. The Bertz CT molecular complexity index is 472. The van der Waals surface area contributed by atoms with Gasteiger partial charge in [0.2, 0.25) is 5.91 Å². The van der Waals surface area contributed by atoms with E-state index in [1.807, 2.05) is 18.2 Å². The lowest BCUT2D eigenvalue weighted by atomic mass is 9.86. The molecular formula is C15H19NO3. The largest absolute Gasteiger partial charge is 0.381 e. The molecule has 4 nitrogen and oxygen atoms in total. The topological polar surface area (TPSA) is 47.6 Å². The highest BCUT2D eigenvalue weighted by Crippen LogP contribution is 2.33. The summed E-state index contributed by atoms with van der Waals surface area (Å²) in [5.41, 5.74) is 1.73. The van der Waals surface area contributed by atoms with E-state index in [0.717, 1.165) is 12.0 Å². The molecule has 0 bridgehead atoms. The highest BCUT2D eigenvalue weighted by atomic mass is 16.5. The van der Waals surface area contributed by atoms with Crippen LogP contribution in [0.5, 0.6) is 0 Å². The molecule has 1 amide bonds. The van der Waals surface area contributed by atoms with Gasteiger partial charge in [-0.05, 0) is 23.6 Å². The van der Waals surface area contributed by atoms with Gasteiger partial charge in [-0.2, -0.15) is 0 Å². The summed E-state index contributed by atoms with van der Waals surface area (Å²) in [6, 6.07) is 8.13. The summed E-state index contributed by atoms with van der Waals surface area (Å²) >= 11 is 0. The third-order valence-corrected chi connectivity index (χ3v) is 3.37. The van der Waals surface area contributed by atoms with Crippen LogP contribution in [0, 0.1) is 0 Å². The molecule has 0 radical (unpaired) electrons. The molecule has 1 aliphatic heterocycles. The zero-order valence-electron chi connectivity index (χ0n) is 11.1. The first-order valence-electron chi connectivity index (χ1n) is 6.33. The van der Waals surface area contributed by atoms with Crippen LogP contribution in [0.2, 0.25) is 0 Å². The van der Waals surface area contributed by atoms with E-state index in [-0.39, 0.29) is 5.91 Å². The van der Waals surface area contributed by atoms with Crippen molar-refractivity contribution in [3.8, 4) is 0 Å². The second kappa shape index (κ2) is 5.99. The quantitative estimate of drug-likeness (QED) is 0.815. The van der Waals surface area contributed by atoms with E-state index in [1.165, 1.54) is 11.6 Å². The monoisotopic (exact) mass is 261 g/mol. The van der Waals surface area contributed by atoms with Crippen molar-refractivity contribution in [3.63, 3.8) is 0 Å². The highest BCUT2D eigenvalue weighted by Gasteiger charge is 2.38. The Labute approximate surface area is 113 Å². The third-order valence-electron chi connectivity index (χ3n) is 3.37. The van der Waals surface area contributed by atoms with Crippen molar-refractivity contribution in [2.75, 3.05) is 26.9 Å². The van der Waals surface area contributed by atoms with E-state index in [1.54, 1.807) is 7.11 Å². The fourth-order valence-corrected chi connectivity index (χ4v) is 2.47. The maximum absolute atomic E-state index is 11.4. The smallest absolute Gasteiger partial charge is 0.243 e. The minimum absolute atomic E-state index is 0.206. The standard InChI is InChI=1S/C15H19NO3/c1-3-14(17)16-10-15(11-18-2)13-7-5-4-6-12(13)8-9-19-15/h3-7H,1,8-11H2,2H3,(H,16,17)/t15-/m0/s1. The van der Waals surface area contributed by atoms with Crippen molar-refractivity contribution in [1.29, 1.82) is 0 Å². The fourth-order valence-electron chi connectivity index (χ4n) is 2.47. The molecule has 4 heteroatoms. The predicted octanol–water partition coefficient (Wildman–Crippen LogP) is 1.40. The van der Waals surface area contributed by atoms with Crippen molar-refractivity contribution in [3.05, 3.63) is 48.0 Å². The first kappa shape index (κ1) is 13.8. The Balaban J connectivity index is 2.29. The maximum atomic E-state index is 11.4. The number of amides is 1. The van der Waals surface area contributed by atoms with Gasteiger partial charge in [0.05, 0.1) is 19.8 Å². The lowest BCUT2D eigenvalue weighted by molar-refractivity contribution is -0.123. The molecule has 0 saturated carbocycles. The number of carbonyl (C=O) groups is 1. The number of benzene rings is 1. The first-order valence-corrected chi connectivity index (χ1v) is 6.33. The molecule has 102 valence electrons. The minimum Gasteiger partial charge on any atom is -0.381 e. The van der Waals surface area contributed by atoms with E-state index in [9.17, 15) is 4.79 Å². The lowest BCUT2D eigenvalue weighted by Gasteiger charge is -2.38. The van der Waals surface area contributed by atoms with Crippen LogP contribution >= 0.6 is 0 Å². The van der Waals surface area contributed by atoms with Gasteiger partial charge in [0.1, 0.15) is 5.60 Å². The number of carbonyl (C=O) groups excluding carboxylic acids is 1. The number of ether oxygens (including phenoxy) is 2. The molecule has 0 aliphatic carbocycles. The number of rotatable bonds is 5. The van der Waals surface area contributed by atoms with Crippen LogP contribution in [0.1, 0.15) is 11.1 Å². The molecule has 2 rings (SSSR count). The maximum Gasteiger partial charge on any atom is 0.243 e. The fraction of sp³-hybridized carbons (Fsp3) is 0.400. The Hall–Kier alpha value is -1.65. The van der Waals surface area contributed by atoms with Gasteiger partial charge in [-0.3, -0.25) is 4.79 Å². The zero-order valence-corrected chi connectivity index (χ0v) is 11.1. The normalized spacial score (nSPS) is 21.5. The van der Waals surface area contributed by atoms with Gasteiger partial charge in [-0.25, -0.2) is 0 Å². The number of fused-ring (bicyclic) bond motifs is 1. The molecule has 0 aromatic heterocycles. The molecule has 1 aliphatic rings. The van der Waals surface area contributed by atoms with Gasteiger partial charge in [0, 0.05) is 7.11 Å². The van der Waals surface area contributed by atoms with Crippen molar-refractivity contribution < 1.29 is 14.3 Å². The Morgan fingerprint density at radius 2 is 2.37 bits per heavy atom. The predicted molar refractivity (Wildman–Crippen MR) is 72.9 cm³/mol. The van der Waals surface area contributed by atoms with Gasteiger partial charge in [0.15, 0.2) is 0 Å². The second-order valence-electron chi connectivity index (χ2n) is 4.60. The summed E-state index contributed by atoms with van der Waals surface area (Å²) in [4.78, 5) is 11.4. The SMILES string of the molecule is C=CC(=O)NC[C@@]1(COC)OCCc2ccccc21. The molecule has 0 spiro atoms. The van der Waals surface area contributed by atoms with Crippen LogP contribution in [0.25, 0.3) is 0 Å². The van der Waals surface area contributed by atoms with Crippen molar-refractivity contribution in [1.82, 2.24) is 5.32 Å². The molecule has 1 aromatic rings. The number of methoxy groups -OCH3 is 1. The number of hydrogen-bond donors (Lipinski definition) is 1. The van der Waals surface area contributed by atoms with E-state index in [4.69, 9.17) is 9.47 Å². The van der Waals surface area contributed by atoms with Crippen LogP contribution < -0.4 is 5.32 Å². The van der Waals surface area contributed by atoms with Crippen LogP contribution in [0.15, 0.2) is 36.9 Å². The van der Waals surface area contributed by atoms with Crippen LogP contribution in [-0.2, 0) is 26.3 Å². The van der Waals surface area contributed by atoms with Crippen molar-refractivity contribution in [2.45, 2.75) is 12.0 Å². The average molecular weight is 261 g/mol. The van der Waals surface area contributed by atoms with Gasteiger partial charge in [-0.15, -0.1) is 0 Å². The summed E-state index contributed by atoms with van der Waals surface area (Å²) in [6.45, 7) is 4.86. The summed E-state index contributed by atoms with van der Waals surface area (Å²) < 4.78 is 11.3. The van der Waals surface area contributed by atoms with Gasteiger partial charge < -0.3 is 14.8 Å². The summed E-state index contributed by atoms with van der Waals surface area (Å²) in [6.07, 6.45) is 2.15. The lowest BCUT2D eigenvalue weighted by Crippen LogP contribution is -2.48. The molecule has 1 aromatic carbocycles. The van der Waals surface area contributed by atoms with Gasteiger partial charge >= 0.3 is 0 Å². The third kappa shape index (κ3) is 2.85. The second-order valence-corrected chi connectivity index (χ2v) is 4.60. The van der Waals surface area contributed by atoms with Crippen LogP contribution in [0.4, 0.5) is 0 Å². The molecular weight excluding hydrogens is 242 g/mol. The Morgan fingerprint density at radius 3 is 3.11 bits per heavy atom. The number of nitrogens with one attached hydrogen (secondary N) is 1. The highest BCUT2D eigenvalue weighted by molar-refractivity contribution is 5.86. The number of hydrogen-bond acceptors (Lipinski definition) is 3. The van der Waals surface area contributed by atoms with Crippen molar-refractivity contribution in [2.24, 2.45) is 0 Å². The van der Waals surface area contributed by atoms with E-state index in [2.05, 4.69) is 18.0 Å². The molecule has 1 heterocycles. The van der Waals surface area contributed by atoms with E-state index < -0.39 is 5.60 Å². The van der Waals surface area contributed by atoms with Gasteiger partial charge in [0.25, 0.3) is 0 Å².